The number of nitrogens with zero attached hydrogens (tertiary/aromatic N) is 1. The summed E-state index contributed by atoms with van der Waals surface area (Å²) < 4.78 is 5.32. The van der Waals surface area contributed by atoms with Crippen LogP contribution in [0.5, 0.6) is 5.75 Å². The van der Waals surface area contributed by atoms with Crippen LogP contribution in [0.3, 0.4) is 0 Å². The highest BCUT2D eigenvalue weighted by Crippen LogP contribution is 2.44. The molecule has 0 spiro atoms. The lowest BCUT2D eigenvalue weighted by atomic mass is 10.1. The average Bonchev–Trinajstić information content (AvgIpc) is 3.18. The number of methoxy groups -OCH3 is 1. The topological polar surface area (TPSA) is 71.5 Å². The van der Waals surface area contributed by atoms with Crippen molar-refractivity contribution < 1.29 is 14.6 Å². The molecule has 1 aromatic heterocycles. The van der Waals surface area contributed by atoms with Gasteiger partial charge in [0.05, 0.1) is 19.3 Å². The van der Waals surface area contributed by atoms with Crippen molar-refractivity contribution in [1.29, 1.82) is 0 Å². The fourth-order valence-corrected chi connectivity index (χ4v) is 3.08. The maximum atomic E-state index is 12.2. The van der Waals surface area contributed by atoms with Crippen LogP contribution in [0, 0.1) is 5.41 Å². The minimum absolute atomic E-state index is 0.100. The number of hydrogen-bond donors (Lipinski definition) is 2. The zero-order valence-electron chi connectivity index (χ0n) is 12.3. The van der Waals surface area contributed by atoms with Gasteiger partial charge in [-0.15, -0.1) is 11.3 Å². The molecule has 1 amide bonds. The van der Waals surface area contributed by atoms with Gasteiger partial charge in [0.1, 0.15) is 16.5 Å². The van der Waals surface area contributed by atoms with E-state index in [4.69, 9.17) is 4.74 Å². The Morgan fingerprint density at radius 3 is 2.91 bits per heavy atom. The molecule has 0 aliphatic heterocycles. The van der Waals surface area contributed by atoms with Gasteiger partial charge in [0.25, 0.3) is 5.91 Å². The van der Waals surface area contributed by atoms with Crippen molar-refractivity contribution in [2.24, 2.45) is 5.41 Å². The first-order valence-corrected chi connectivity index (χ1v) is 8.03. The molecule has 1 fully saturated rings. The summed E-state index contributed by atoms with van der Waals surface area (Å²) in [5, 5.41) is 14.6. The summed E-state index contributed by atoms with van der Waals surface area (Å²) in [5.41, 5.74) is 1.18. The van der Waals surface area contributed by atoms with Crippen LogP contribution in [0.1, 0.15) is 23.3 Å². The molecular weight excluding hydrogens is 300 g/mol. The first-order chi connectivity index (χ1) is 10.7. The largest absolute Gasteiger partial charge is 0.496 e. The Balaban J connectivity index is 1.72. The molecule has 0 bridgehead atoms. The zero-order chi connectivity index (χ0) is 15.6. The molecule has 6 heteroatoms. The second-order valence-electron chi connectivity index (χ2n) is 5.58. The molecule has 1 aliphatic carbocycles. The van der Waals surface area contributed by atoms with Crippen LogP contribution in [-0.2, 0) is 0 Å². The summed E-state index contributed by atoms with van der Waals surface area (Å²) in [6, 6.07) is 7.60. The summed E-state index contributed by atoms with van der Waals surface area (Å²) in [4.78, 5) is 16.6. The van der Waals surface area contributed by atoms with E-state index in [2.05, 4.69) is 10.3 Å². The number of aromatic nitrogens is 1. The highest BCUT2D eigenvalue weighted by molar-refractivity contribution is 7.13. The first kappa shape index (κ1) is 15.0. The van der Waals surface area contributed by atoms with Gasteiger partial charge in [0.15, 0.2) is 0 Å². The maximum Gasteiger partial charge on any atom is 0.270 e. The van der Waals surface area contributed by atoms with Gasteiger partial charge in [-0.2, -0.15) is 0 Å². The third kappa shape index (κ3) is 2.98. The fraction of sp³-hybridized carbons (Fsp3) is 0.375. The van der Waals surface area contributed by atoms with Crippen molar-refractivity contribution in [1.82, 2.24) is 10.3 Å². The lowest BCUT2D eigenvalue weighted by Crippen LogP contribution is -2.32. The molecule has 1 heterocycles. The molecule has 2 aromatic rings. The summed E-state index contributed by atoms with van der Waals surface area (Å²) in [6.07, 6.45) is 1.93. The van der Waals surface area contributed by atoms with E-state index in [1.54, 1.807) is 12.5 Å². The number of aliphatic hydroxyl groups excluding tert-OH is 1. The van der Waals surface area contributed by atoms with Gasteiger partial charge in [0, 0.05) is 17.3 Å². The molecule has 0 unspecified atom stereocenters. The minimum atomic E-state index is -0.197. The molecule has 2 N–H and O–H groups in total. The standard InChI is InChI=1S/C16H18N2O3S/c1-21-13-5-3-2-4-11(13)15-18-12(8-22-15)14(20)17-9-16(10-19)6-7-16/h2-5,8,19H,6-7,9-10H2,1H3,(H,17,20). The zero-order valence-corrected chi connectivity index (χ0v) is 13.2. The summed E-state index contributed by atoms with van der Waals surface area (Å²) in [5.74, 6) is 0.540. The summed E-state index contributed by atoms with van der Waals surface area (Å²) in [7, 11) is 1.62. The number of carbonyl (C=O) groups is 1. The predicted molar refractivity (Wildman–Crippen MR) is 85.2 cm³/mol. The highest BCUT2D eigenvalue weighted by atomic mass is 32.1. The Bertz CT molecular complexity index is 680. The van der Waals surface area contributed by atoms with E-state index in [-0.39, 0.29) is 17.9 Å². The molecule has 0 atom stereocenters. The van der Waals surface area contributed by atoms with Crippen molar-refractivity contribution in [3.63, 3.8) is 0 Å². The first-order valence-electron chi connectivity index (χ1n) is 7.15. The fourth-order valence-electron chi connectivity index (χ4n) is 2.25. The molecular formula is C16H18N2O3S. The van der Waals surface area contributed by atoms with Gasteiger partial charge in [-0.3, -0.25) is 4.79 Å². The van der Waals surface area contributed by atoms with E-state index in [0.29, 0.717) is 12.2 Å². The Morgan fingerprint density at radius 1 is 1.45 bits per heavy atom. The van der Waals surface area contributed by atoms with Gasteiger partial charge < -0.3 is 15.2 Å². The van der Waals surface area contributed by atoms with E-state index in [9.17, 15) is 9.90 Å². The maximum absolute atomic E-state index is 12.2. The van der Waals surface area contributed by atoms with Crippen molar-refractivity contribution >= 4 is 17.2 Å². The number of aliphatic hydroxyl groups is 1. The number of rotatable bonds is 6. The Morgan fingerprint density at radius 2 is 2.23 bits per heavy atom. The lowest BCUT2D eigenvalue weighted by molar-refractivity contribution is 0.0931. The number of thiazole rings is 1. The molecule has 3 rings (SSSR count). The van der Waals surface area contributed by atoms with E-state index in [1.165, 1.54) is 11.3 Å². The van der Waals surface area contributed by atoms with Crippen LogP contribution in [0.4, 0.5) is 0 Å². The SMILES string of the molecule is COc1ccccc1-c1nc(C(=O)NCC2(CO)CC2)cs1. The van der Waals surface area contributed by atoms with Gasteiger partial charge in [0.2, 0.25) is 0 Å². The van der Waals surface area contributed by atoms with E-state index in [1.807, 2.05) is 24.3 Å². The van der Waals surface area contributed by atoms with Crippen molar-refractivity contribution in [2.75, 3.05) is 20.3 Å². The van der Waals surface area contributed by atoms with Crippen molar-refractivity contribution in [3.05, 3.63) is 35.3 Å². The van der Waals surface area contributed by atoms with Crippen LogP contribution in [0.15, 0.2) is 29.6 Å². The predicted octanol–water partition coefficient (Wildman–Crippen LogP) is 2.32. The molecule has 116 valence electrons. The molecule has 0 saturated heterocycles. The van der Waals surface area contributed by atoms with Crippen LogP contribution < -0.4 is 10.1 Å². The van der Waals surface area contributed by atoms with Crippen LogP contribution in [0.2, 0.25) is 0 Å². The van der Waals surface area contributed by atoms with E-state index >= 15 is 0 Å². The monoisotopic (exact) mass is 318 g/mol. The second-order valence-corrected chi connectivity index (χ2v) is 6.44. The van der Waals surface area contributed by atoms with Crippen molar-refractivity contribution in [2.45, 2.75) is 12.8 Å². The van der Waals surface area contributed by atoms with Gasteiger partial charge in [-0.05, 0) is 25.0 Å². The second kappa shape index (κ2) is 6.06. The Hall–Kier alpha value is -1.92. The number of para-hydroxylation sites is 1. The van der Waals surface area contributed by atoms with Gasteiger partial charge >= 0.3 is 0 Å². The van der Waals surface area contributed by atoms with Gasteiger partial charge in [-0.1, -0.05) is 12.1 Å². The van der Waals surface area contributed by atoms with Gasteiger partial charge in [-0.25, -0.2) is 4.98 Å². The molecule has 5 nitrogen and oxygen atoms in total. The van der Waals surface area contributed by atoms with Crippen LogP contribution >= 0.6 is 11.3 Å². The normalized spacial score (nSPS) is 15.4. The molecule has 22 heavy (non-hydrogen) atoms. The molecule has 1 aliphatic rings. The van der Waals surface area contributed by atoms with Crippen LogP contribution in [-0.4, -0.2) is 36.3 Å². The molecule has 1 saturated carbocycles. The number of benzene rings is 1. The number of ether oxygens (including phenoxy) is 1. The quantitative estimate of drug-likeness (QED) is 0.857. The number of hydrogen-bond acceptors (Lipinski definition) is 5. The number of nitrogens with one attached hydrogen (secondary N) is 1. The van der Waals surface area contributed by atoms with Crippen molar-refractivity contribution in [3.8, 4) is 16.3 Å². The molecule has 0 radical (unpaired) electrons. The van der Waals surface area contributed by atoms with E-state index < -0.39 is 0 Å². The number of carbonyl (C=O) groups excluding carboxylic acids is 1. The summed E-state index contributed by atoms with van der Waals surface area (Å²) in [6.45, 7) is 0.626. The minimum Gasteiger partial charge on any atom is -0.496 e. The third-order valence-corrected chi connectivity index (χ3v) is 4.87. The third-order valence-electron chi connectivity index (χ3n) is 3.99. The number of amides is 1. The Labute approximate surface area is 133 Å². The molecule has 1 aromatic carbocycles. The Kier molecular flexibility index (Phi) is 4.13. The summed E-state index contributed by atoms with van der Waals surface area (Å²) >= 11 is 1.41. The lowest BCUT2D eigenvalue weighted by Gasteiger charge is -2.11. The van der Waals surface area contributed by atoms with Crippen LogP contribution in [0.25, 0.3) is 10.6 Å². The highest BCUT2D eigenvalue weighted by Gasteiger charge is 2.42. The smallest absolute Gasteiger partial charge is 0.270 e. The average molecular weight is 318 g/mol. The van der Waals surface area contributed by atoms with E-state index in [0.717, 1.165) is 29.2 Å².